The average Bonchev–Trinajstić information content (AvgIpc) is 3.19. The Labute approximate surface area is 121 Å². The number of rotatable bonds is 8. The molecule has 1 fully saturated rings. The Morgan fingerprint density at radius 1 is 1.30 bits per heavy atom. The van der Waals surface area contributed by atoms with E-state index in [0.717, 1.165) is 18.4 Å². The van der Waals surface area contributed by atoms with Gasteiger partial charge in [-0.2, -0.15) is 0 Å². The molecule has 20 heavy (non-hydrogen) atoms. The van der Waals surface area contributed by atoms with Crippen LogP contribution in [-0.2, 0) is 31.7 Å². The van der Waals surface area contributed by atoms with E-state index >= 15 is 0 Å². The second kappa shape index (κ2) is 6.99. The van der Waals surface area contributed by atoms with Crippen molar-refractivity contribution in [1.29, 1.82) is 0 Å². The zero-order valence-corrected chi connectivity index (χ0v) is 12.5. The molecule has 5 heteroatoms. The van der Waals surface area contributed by atoms with Crippen LogP contribution >= 0.6 is 0 Å². The second-order valence-electron chi connectivity index (χ2n) is 5.29. The summed E-state index contributed by atoms with van der Waals surface area (Å²) in [6.45, 7) is 0.469. The topological polar surface area (TPSA) is 52.6 Å². The predicted molar refractivity (Wildman–Crippen MR) is 77.4 cm³/mol. The third kappa shape index (κ3) is 4.72. The van der Waals surface area contributed by atoms with E-state index in [4.69, 9.17) is 4.74 Å². The van der Waals surface area contributed by atoms with E-state index in [0.29, 0.717) is 18.8 Å². The van der Waals surface area contributed by atoms with Gasteiger partial charge in [0.15, 0.2) is 0 Å². The highest BCUT2D eigenvalue weighted by Gasteiger charge is 2.45. The normalized spacial score (nSPS) is 17.4. The molecule has 2 rings (SSSR count). The SMILES string of the molecule is COC(=O)CC1(CS(=O)COCc2ccccc2)CC1. The quantitative estimate of drug-likeness (QED) is 0.690. The molecule has 0 amide bonds. The van der Waals surface area contributed by atoms with Crippen LogP contribution < -0.4 is 0 Å². The Morgan fingerprint density at radius 2 is 2.00 bits per heavy atom. The maximum absolute atomic E-state index is 12.0. The summed E-state index contributed by atoms with van der Waals surface area (Å²) in [4.78, 5) is 11.3. The number of carbonyl (C=O) groups excluding carboxylic acids is 1. The molecule has 0 bridgehead atoms. The molecule has 1 unspecified atom stereocenters. The van der Waals surface area contributed by atoms with Gasteiger partial charge in [0.2, 0.25) is 0 Å². The molecule has 0 aromatic heterocycles. The molecule has 1 atom stereocenters. The van der Waals surface area contributed by atoms with E-state index in [9.17, 15) is 9.00 Å². The highest BCUT2D eigenvalue weighted by molar-refractivity contribution is 7.84. The van der Waals surface area contributed by atoms with Crippen LogP contribution in [0.5, 0.6) is 0 Å². The van der Waals surface area contributed by atoms with Crippen LogP contribution in [0.3, 0.4) is 0 Å². The van der Waals surface area contributed by atoms with Crippen molar-refractivity contribution in [1.82, 2.24) is 0 Å². The molecule has 110 valence electrons. The summed E-state index contributed by atoms with van der Waals surface area (Å²) in [5.74, 6) is 0.527. The maximum Gasteiger partial charge on any atom is 0.306 e. The van der Waals surface area contributed by atoms with E-state index in [1.807, 2.05) is 30.3 Å². The summed E-state index contributed by atoms with van der Waals surface area (Å²) in [5.41, 5.74) is 0.967. The molecule has 0 spiro atoms. The summed E-state index contributed by atoms with van der Waals surface area (Å²) >= 11 is 0. The minimum Gasteiger partial charge on any atom is -0.469 e. The average molecular weight is 296 g/mol. The molecular weight excluding hydrogens is 276 g/mol. The van der Waals surface area contributed by atoms with Gasteiger partial charge in [0.25, 0.3) is 0 Å². The van der Waals surface area contributed by atoms with E-state index in [-0.39, 0.29) is 17.3 Å². The van der Waals surface area contributed by atoms with E-state index in [2.05, 4.69) is 4.74 Å². The van der Waals surface area contributed by atoms with Gasteiger partial charge < -0.3 is 9.47 Å². The van der Waals surface area contributed by atoms with E-state index in [1.165, 1.54) is 7.11 Å². The summed E-state index contributed by atoms with van der Waals surface area (Å²) in [7, 11) is 0.338. The van der Waals surface area contributed by atoms with Crippen LogP contribution in [0.2, 0.25) is 0 Å². The number of carbonyl (C=O) groups is 1. The van der Waals surface area contributed by atoms with Crippen molar-refractivity contribution in [3.8, 4) is 0 Å². The molecule has 0 saturated heterocycles. The fraction of sp³-hybridized carbons (Fsp3) is 0.533. The van der Waals surface area contributed by atoms with Gasteiger partial charge in [-0.25, -0.2) is 0 Å². The number of ether oxygens (including phenoxy) is 2. The second-order valence-corrected chi connectivity index (χ2v) is 6.69. The van der Waals surface area contributed by atoms with Gasteiger partial charge in [-0.3, -0.25) is 9.00 Å². The van der Waals surface area contributed by atoms with Crippen LogP contribution in [0.25, 0.3) is 0 Å². The van der Waals surface area contributed by atoms with Crippen molar-refractivity contribution >= 4 is 16.8 Å². The van der Waals surface area contributed by atoms with Gasteiger partial charge in [-0.05, 0) is 23.8 Å². The predicted octanol–water partition coefficient (Wildman–Crippen LogP) is 2.25. The molecule has 1 aromatic rings. The smallest absolute Gasteiger partial charge is 0.306 e. The monoisotopic (exact) mass is 296 g/mol. The lowest BCUT2D eigenvalue weighted by molar-refractivity contribution is -0.141. The zero-order chi connectivity index (χ0) is 14.4. The van der Waals surface area contributed by atoms with E-state index < -0.39 is 10.8 Å². The number of benzene rings is 1. The largest absolute Gasteiger partial charge is 0.469 e. The fourth-order valence-electron chi connectivity index (χ4n) is 2.14. The van der Waals surface area contributed by atoms with Crippen molar-refractivity contribution in [3.05, 3.63) is 35.9 Å². The van der Waals surface area contributed by atoms with Crippen molar-refractivity contribution < 1.29 is 18.5 Å². The molecule has 0 heterocycles. The lowest BCUT2D eigenvalue weighted by atomic mass is 10.1. The van der Waals surface area contributed by atoms with Gasteiger partial charge in [-0.1, -0.05) is 30.3 Å². The lowest BCUT2D eigenvalue weighted by Crippen LogP contribution is -2.19. The number of methoxy groups -OCH3 is 1. The Hall–Kier alpha value is -1.20. The Morgan fingerprint density at radius 3 is 2.60 bits per heavy atom. The first-order valence-corrected chi connectivity index (χ1v) is 8.16. The third-order valence-electron chi connectivity index (χ3n) is 3.50. The van der Waals surface area contributed by atoms with Crippen LogP contribution in [0.15, 0.2) is 30.3 Å². The summed E-state index contributed by atoms with van der Waals surface area (Å²) in [6.07, 6.45) is 2.27. The summed E-state index contributed by atoms with van der Waals surface area (Å²) in [5, 5.41) is 0. The van der Waals surface area contributed by atoms with Crippen LogP contribution in [0.1, 0.15) is 24.8 Å². The molecule has 1 aliphatic rings. The molecule has 1 saturated carbocycles. The van der Waals surface area contributed by atoms with Gasteiger partial charge in [-0.15, -0.1) is 0 Å². The lowest BCUT2D eigenvalue weighted by Gasteiger charge is -2.13. The van der Waals surface area contributed by atoms with Crippen molar-refractivity contribution in [3.63, 3.8) is 0 Å². The molecule has 4 nitrogen and oxygen atoms in total. The first kappa shape index (κ1) is 15.2. The van der Waals surface area contributed by atoms with Crippen LogP contribution in [0.4, 0.5) is 0 Å². The van der Waals surface area contributed by atoms with Crippen molar-refractivity contribution in [2.45, 2.75) is 25.9 Å². The van der Waals surface area contributed by atoms with Gasteiger partial charge in [0.05, 0.1) is 20.1 Å². The molecule has 0 radical (unpaired) electrons. The first-order valence-electron chi connectivity index (χ1n) is 6.67. The first-order chi connectivity index (χ1) is 9.63. The van der Waals surface area contributed by atoms with Crippen molar-refractivity contribution in [2.75, 3.05) is 18.8 Å². The third-order valence-corrected chi connectivity index (χ3v) is 4.86. The molecule has 0 aliphatic heterocycles. The van der Waals surface area contributed by atoms with Gasteiger partial charge in [0, 0.05) is 16.6 Å². The van der Waals surface area contributed by atoms with Gasteiger partial charge in [0.1, 0.15) is 5.94 Å². The van der Waals surface area contributed by atoms with E-state index in [1.54, 1.807) is 0 Å². The Balaban J connectivity index is 1.69. The summed E-state index contributed by atoms with van der Waals surface area (Å²) in [6, 6.07) is 9.80. The highest BCUT2D eigenvalue weighted by atomic mass is 32.2. The maximum atomic E-state index is 12.0. The van der Waals surface area contributed by atoms with Gasteiger partial charge >= 0.3 is 5.97 Å². The minimum atomic E-state index is -1.05. The number of hydrogen-bond donors (Lipinski definition) is 0. The van der Waals surface area contributed by atoms with Crippen molar-refractivity contribution in [2.24, 2.45) is 5.41 Å². The Kier molecular flexibility index (Phi) is 5.31. The fourth-order valence-corrected chi connectivity index (χ4v) is 3.56. The Bertz CT molecular complexity index is 468. The molecule has 1 aliphatic carbocycles. The zero-order valence-electron chi connectivity index (χ0n) is 11.7. The standard InChI is InChI=1S/C15H20O4S/c1-18-14(16)9-15(7-8-15)11-20(17)12-19-10-13-5-3-2-4-6-13/h2-6H,7-12H2,1H3. The molecule has 1 aromatic carbocycles. The number of esters is 1. The highest BCUT2D eigenvalue weighted by Crippen LogP contribution is 2.49. The number of hydrogen-bond acceptors (Lipinski definition) is 4. The molecular formula is C15H20O4S. The van der Waals surface area contributed by atoms with Crippen LogP contribution in [0, 0.1) is 5.41 Å². The minimum absolute atomic E-state index is 0.103. The summed E-state index contributed by atoms with van der Waals surface area (Å²) < 4.78 is 22.1. The molecule has 0 N–H and O–H groups in total. The van der Waals surface area contributed by atoms with Crippen LogP contribution in [-0.4, -0.2) is 29.0 Å².